The van der Waals surface area contributed by atoms with Gasteiger partial charge in [0.15, 0.2) is 0 Å². The molecule has 0 bridgehead atoms. The van der Waals surface area contributed by atoms with Crippen LogP contribution in [0.4, 0.5) is 0 Å². The first kappa shape index (κ1) is 9.44. The van der Waals surface area contributed by atoms with E-state index in [9.17, 15) is 5.11 Å². The minimum atomic E-state index is 0.0737. The zero-order chi connectivity index (χ0) is 9.97. The standard InChI is InChI=1S/C12H14O2/c1-2-9-4-3-5-10(12(9)7-13)6-11-8-14-11/h2-5,11,13H,1,6-8H2. The Morgan fingerprint density at radius 1 is 1.57 bits per heavy atom. The molecule has 1 saturated heterocycles. The third-order valence-electron chi connectivity index (χ3n) is 2.54. The van der Waals surface area contributed by atoms with E-state index in [2.05, 4.69) is 6.58 Å². The van der Waals surface area contributed by atoms with Crippen LogP contribution in [0.3, 0.4) is 0 Å². The van der Waals surface area contributed by atoms with Crippen LogP contribution in [-0.4, -0.2) is 17.8 Å². The Balaban J connectivity index is 2.30. The predicted octanol–water partition coefficient (Wildman–Crippen LogP) is 1.76. The van der Waals surface area contributed by atoms with E-state index < -0.39 is 0 Å². The molecule has 1 fully saturated rings. The topological polar surface area (TPSA) is 32.8 Å². The minimum absolute atomic E-state index is 0.0737. The third kappa shape index (κ3) is 1.86. The normalized spacial score (nSPS) is 19.4. The highest BCUT2D eigenvalue weighted by Crippen LogP contribution is 2.22. The van der Waals surface area contributed by atoms with Crippen LogP contribution in [0.5, 0.6) is 0 Å². The molecule has 0 aromatic heterocycles. The Labute approximate surface area is 83.8 Å². The molecule has 1 atom stereocenters. The van der Waals surface area contributed by atoms with Gasteiger partial charge in [-0.1, -0.05) is 30.9 Å². The van der Waals surface area contributed by atoms with Crippen LogP contribution in [0.25, 0.3) is 6.08 Å². The van der Waals surface area contributed by atoms with Crippen LogP contribution in [0.2, 0.25) is 0 Å². The molecule has 1 aliphatic rings. The molecule has 0 spiro atoms. The predicted molar refractivity (Wildman–Crippen MR) is 55.9 cm³/mol. The van der Waals surface area contributed by atoms with Crippen molar-refractivity contribution >= 4 is 6.08 Å². The van der Waals surface area contributed by atoms with Gasteiger partial charge in [-0.25, -0.2) is 0 Å². The van der Waals surface area contributed by atoms with E-state index in [1.54, 1.807) is 6.08 Å². The zero-order valence-electron chi connectivity index (χ0n) is 8.07. The van der Waals surface area contributed by atoms with E-state index in [1.807, 2.05) is 18.2 Å². The summed E-state index contributed by atoms with van der Waals surface area (Å²) in [4.78, 5) is 0. The smallest absolute Gasteiger partial charge is 0.0850 e. The van der Waals surface area contributed by atoms with Gasteiger partial charge in [-0.05, 0) is 16.7 Å². The van der Waals surface area contributed by atoms with Gasteiger partial charge in [0.2, 0.25) is 0 Å². The van der Waals surface area contributed by atoms with Crippen LogP contribution in [0.15, 0.2) is 24.8 Å². The molecule has 74 valence electrons. The molecular weight excluding hydrogens is 176 g/mol. The number of hydrogen-bond acceptors (Lipinski definition) is 2. The van der Waals surface area contributed by atoms with Crippen LogP contribution in [-0.2, 0) is 17.8 Å². The molecule has 0 radical (unpaired) electrons. The van der Waals surface area contributed by atoms with E-state index in [1.165, 1.54) is 5.56 Å². The molecule has 14 heavy (non-hydrogen) atoms. The summed E-state index contributed by atoms with van der Waals surface area (Å²) in [7, 11) is 0. The molecule has 0 aliphatic carbocycles. The second-order valence-corrected chi connectivity index (χ2v) is 3.51. The van der Waals surface area contributed by atoms with E-state index in [4.69, 9.17) is 4.74 Å². The van der Waals surface area contributed by atoms with E-state index in [0.29, 0.717) is 6.10 Å². The number of ether oxygens (including phenoxy) is 1. The van der Waals surface area contributed by atoms with E-state index in [0.717, 1.165) is 24.2 Å². The summed E-state index contributed by atoms with van der Waals surface area (Å²) in [6.07, 6.45) is 3.04. The van der Waals surface area contributed by atoms with Crippen molar-refractivity contribution in [2.75, 3.05) is 6.61 Å². The highest BCUT2D eigenvalue weighted by molar-refractivity contribution is 5.54. The first-order valence-electron chi connectivity index (χ1n) is 4.81. The Hall–Kier alpha value is -1.12. The lowest BCUT2D eigenvalue weighted by molar-refractivity contribution is 0.280. The van der Waals surface area contributed by atoms with E-state index in [-0.39, 0.29) is 6.61 Å². The summed E-state index contributed by atoms with van der Waals surface area (Å²) in [5.74, 6) is 0. The monoisotopic (exact) mass is 190 g/mol. The molecule has 1 aromatic rings. The van der Waals surface area contributed by atoms with Gasteiger partial charge in [0.25, 0.3) is 0 Å². The third-order valence-corrected chi connectivity index (χ3v) is 2.54. The summed E-state index contributed by atoms with van der Waals surface area (Å²) in [5, 5.41) is 9.28. The molecule has 2 rings (SSSR count). The number of rotatable bonds is 4. The largest absolute Gasteiger partial charge is 0.392 e. The van der Waals surface area contributed by atoms with Gasteiger partial charge in [0, 0.05) is 6.42 Å². The lowest BCUT2D eigenvalue weighted by Gasteiger charge is -2.09. The molecular formula is C12H14O2. The van der Waals surface area contributed by atoms with Crippen molar-refractivity contribution < 1.29 is 9.84 Å². The van der Waals surface area contributed by atoms with Gasteiger partial charge in [-0.2, -0.15) is 0 Å². The quantitative estimate of drug-likeness (QED) is 0.734. The van der Waals surface area contributed by atoms with Crippen molar-refractivity contribution in [2.24, 2.45) is 0 Å². The van der Waals surface area contributed by atoms with Gasteiger partial charge >= 0.3 is 0 Å². The molecule has 1 aliphatic heterocycles. The molecule has 2 nitrogen and oxygen atoms in total. The number of aliphatic hydroxyl groups excluding tert-OH is 1. The highest BCUT2D eigenvalue weighted by Gasteiger charge is 2.23. The van der Waals surface area contributed by atoms with Gasteiger partial charge in [0.1, 0.15) is 0 Å². The van der Waals surface area contributed by atoms with Crippen molar-refractivity contribution in [3.8, 4) is 0 Å². The first-order chi connectivity index (χ1) is 6.85. The lowest BCUT2D eigenvalue weighted by Crippen LogP contribution is -2.01. The van der Waals surface area contributed by atoms with E-state index >= 15 is 0 Å². The fourth-order valence-electron chi connectivity index (χ4n) is 1.66. The molecule has 0 saturated carbocycles. The van der Waals surface area contributed by atoms with Crippen LogP contribution in [0, 0.1) is 0 Å². The van der Waals surface area contributed by atoms with Gasteiger partial charge in [-0.15, -0.1) is 0 Å². The van der Waals surface area contributed by atoms with Crippen molar-refractivity contribution in [1.82, 2.24) is 0 Å². The summed E-state index contributed by atoms with van der Waals surface area (Å²) in [6, 6.07) is 6.00. The van der Waals surface area contributed by atoms with Crippen LogP contribution >= 0.6 is 0 Å². The second kappa shape index (κ2) is 3.95. The Kier molecular flexibility index (Phi) is 2.66. The number of benzene rings is 1. The number of aliphatic hydroxyl groups is 1. The van der Waals surface area contributed by atoms with Gasteiger partial charge < -0.3 is 9.84 Å². The van der Waals surface area contributed by atoms with Gasteiger partial charge in [0.05, 0.1) is 19.3 Å². The Bertz CT molecular complexity index is 340. The molecule has 2 heteroatoms. The fraction of sp³-hybridized carbons (Fsp3) is 0.333. The highest BCUT2D eigenvalue weighted by atomic mass is 16.6. The zero-order valence-corrected chi connectivity index (χ0v) is 8.07. The average Bonchev–Trinajstić information content (AvgIpc) is 3.01. The second-order valence-electron chi connectivity index (χ2n) is 3.51. The molecule has 1 heterocycles. The molecule has 1 aromatic carbocycles. The average molecular weight is 190 g/mol. The summed E-state index contributed by atoms with van der Waals surface area (Å²) in [6.45, 7) is 4.66. The first-order valence-corrected chi connectivity index (χ1v) is 4.81. The van der Waals surface area contributed by atoms with Crippen molar-refractivity contribution in [3.05, 3.63) is 41.5 Å². The van der Waals surface area contributed by atoms with Crippen LogP contribution < -0.4 is 0 Å². The molecule has 0 amide bonds. The fourth-order valence-corrected chi connectivity index (χ4v) is 1.66. The number of hydrogen-bond donors (Lipinski definition) is 1. The summed E-state index contributed by atoms with van der Waals surface area (Å²) >= 11 is 0. The Morgan fingerprint density at radius 3 is 2.93 bits per heavy atom. The maximum absolute atomic E-state index is 9.28. The van der Waals surface area contributed by atoms with Crippen LogP contribution in [0.1, 0.15) is 16.7 Å². The number of epoxide rings is 1. The Morgan fingerprint density at radius 2 is 2.36 bits per heavy atom. The SMILES string of the molecule is C=Cc1cccc(CC2CO2)c1CO. The van der Waals surface area contributed by atoms with Gasteiger partial charge in [-0.3, -0.25) is 0 Å². The van der Waals surface area contributed by atoms with Crippen molar-refractivity contribution in [1.29, 1.82) is 0 Å². The molecule has 1 unspecified atom stereocenters. The molecule has 1 N–H and O–H groups in total. The minimum Gasteiger partial charge on any atom is -0.392 e. The summed E-state index contributed by atoms with van der Waals surface area (Å²) in [5.41, 5.74) is 3.18. The summed E-state index contributed by atoms with van der Waals surface area (Å²) < 4.78 is 5.18. The maximum Gasteiger partial charge on any atom is 0.0850 e. The van der Waals surface area contributed by atoms with Crippen molar-refractivity contribution in [2.45, 2.75) is 19.1 Å². The maximum atomic E-state index is 9.28. The van der Waals surface area contributed by atoms with Crippen molar-refractivity contribution in [3.63, 3.8) is 0 Å². The lowest BCUT2D eigenvalue weighted by atomic mass is 9.98.